The number of carbonyl (C=O) groups excluding carboxylic acids is 1. The summed E-state index contributed by atoms with van der Waals surface area (Å²) in [6, 6.07) is 0. The molecule has 0 aliphatic rings. The maximum Gasteiger partial charge on any atom is 0.152 e. The molecule has 2 N–H and O–H groups in total. The number of carbonyl (C=O) groups is 1. The van der Waals surface area contributed by atoms with E-state index in [9.17, 15) is 4.79 Å². The number of hydrogen-bond donors (Lipinski definition) is 1. The lowest BCUT2D eigenvalue weighted by atomic mass is 9.91. The quantitative estimate of drug-likeness (QED) is 0.480. The van der Waals surface area contributed by atoms with Gasteiger partial charge in [0.25, 0.3) is 0 Å². The molecule has 0 bridgehead atoms. The Hall–Kier alpha value is -0.630. The van der Waals surface area contributed by atoms with E-state index in [0.29, 0.717) is 6.42 Å². The Labute approximate surface area is 87.6 Å². The fourth-order valence-electron chi connectivity index (χ4n) is 1.23. The van der Waals surface area contributed by atoms with Crippen LogP contribution in [-0.4, -0.2) is 11.3 Å². The van der Waals surface area contributed by atoms with Crippen LogP contribution >= 0.6 is 0 Å². The van der Waals surface area contributed by atoms with Gasteiger partial charge in [0.15, 0.2) is 5.78 Å². The molecule has 14 heavy (non-hydrogen) atoms. The molecule has 2 heteroatoms. The van der Waals surface area contributed by atoms with Crippen LogP contribution < -0.4 is 5.73 Å². The molecule has 0 fully saturated rings. The Morgan fingerprint density at radius 3 is 2.57 bits per heavy atom. The fraction of sp³-hybridized carbons (Fsp3) is 0.750. The van der Waals surface area contributed by atoms with Crippen LogP contribution in [0.3, 0.4) is 0 Å². The van der Waals surface area contributed by atoms with E-state index in [1.165, 1.54) is 0 Å². The molecule has 0 saturated heterocycles. The molecule has 0 aromatic rings. The van der Waals surface area contributed by atoms with Crippen LogP contribution in [0.25, 0.3) is 0 Å². The summed E-state index contributed by atoms with van der Waals surface area (Å²) in [5.74, 6) is 0.193. The molecular formula is C12H23NO. The second-order valence-electron chi connectivity index (χ2n) is 4.08. The third-order valence-electron chi connectivity index (χ3n) is 2.68. The summed E-state index contributed by atoms with van der Waals surface area (Å²) < 4.78 is 0. The third-order valence-corrected chi connectivity index (χ3v) is 2.68. The van der Waals surface area contributed by atoms with E-state index in [2.05, 4.69) is 6.58 Å². The summed E-state index contributed by atoms with van der Waals surface area (Å²) in [7, 11) is 0. The normalized spacial score (nSPS) is 14.8. The van der Waals surface area contributed by atoms with Gasteiger partial charge in [-0.1, -0.05) is 19.4 Å². The summed E-state index contributed by atoms with van der Waals surface area (Å²) in [6.45, 7) is 7.43. The van der Waals surface area contributed by atoms with Crippen molar-refractivity contribution in [2.45, 2.75) is 57.9 Å². The molecule has 0 rings (SSSR count). The molecular weight excluding hydrogens is 174 g/mol. The lowest BCUT2D eigenvalue weighted by Gasteiger charge is -2.20. The van der Waals surface area contributed by atoms with Crippen LogP contribution in [0.15, 0.2) is 12.7 Å². The average molecular weight is 197 g/mol. The van der Waals surface area contributed by atoms with Crippen molar-refractivity contribution in [3.05, 3.63) is 12.7 Å². The summed E-state index contributed by atoms with van der Waals surface area (Å²) in [6.07, 6.45) is 7.49. The first-order valence-electron chi connectivity index (χ1n) is 5.47. The van der Waals surface area contributed by atoms with Crippen molar-refractivity contribution >= 4 is 5.78 Å². The minimum atomic E-state index is -0.613. The summed E-state index contributed by atoms with van der Waals surface area (Å²) in [5.41, 5.74) is 5.22. The molecule has 2 nitrogen and oxygen atoms in total. The molecule has 0 aliphatic heterocycles. The average Bonchev–Trinajstić information content (AvgIpc) is 2.17. The molecule has 0 amide bonds. The number of nitrogens with two attached hydrogens (primary N) is 1. The number of ketones is 1. The number of hydrogen-bond acceptors (Lipinski definition) is 2. The van der Waals surface area contributed by atoms with Crippen LogP contribution in [0.1, 0.15) is 52.4 Å². The van der Waals surface area contributed by atoms with Gasteiger partial charge in [-0.25, -0.2) is 0 Å². The van der Waals surface area contributed by atoms with Gasteiger partial charge in [0.2, 0.25) is 0 Å². The van der Waals surface area contributed by atoms with Crippen LogP contribution in [0.2, 0.25) is 0 Å². The molecule has 0 heterocycles. The van der Waals surface area contributed by atoms with Crippen LogP contribution in [0, 0.1) is 0 Å². The first kappa shape index (κ1) is 13.4. The smallest absolute Gasteiger partial charge is 0.152 e. The minimum Gasteiger partial charge on any atom is -0.319 e. The van der Waals surface area contributed by atoms with E-state index >= 15 is 0 Å². The van der Waals surface area contributed by atoms with Crippen LogP contribution in [-0.2, 0) is 4.79 Å². The highest BCUT2D eigenvalue weighted by Crippen LogP contribution is 2.12. The van der Waals surface area contributed by atoms with Crippen LogP contribution in [0.5, 0.6) is 0 Å². The van der Waals surface area contributed by atoms with Crippen molar-refractivity contribution in [3.8, 4) is 0 Å². The van der Waals surface area contributed by atoms with Gasteiger partial charge in [-0.3, -0.25) is 4.79 Å². The Morgan fingerprint density at radius 1 is 1.43 bits per heavy atom. The second-order valence-corrected chi connectivity index (χ2v) is 4.08. The zero-order valence-electron chi connectivity index (χ0n) is 9.51. The lowest BCUT2D eigenvalue weighted by molar-refractivity contribution is -0.123. The zero-order chi connectivity index (χ0) is 11.0. The van der Waals surface area contributed by atoms with Gasteiger partial charge in [0, 0.05) is 6.42 Å². The Kier molecular flexibility index (Phi) is 6.46. The molecule has 0 radical (unpaired) electrons. The molecule has 82 valence electrons. The highest BCUT2D eigenvalue weighted by Gasteiger charge is 2.24. The standard InChI is InChI=1S/C12H23NO/c1-4-6-7-8-9-10-11(14)12(3,13)5-2/h4H,1,5-10,13H2,2-3H3. The summed E-state index contributed by atoms with van der Waals surface area (Å²) in [4.78, 5) is 11.6. The van der Waals surface area contributed by atoms with Gasteiger partial charge in [-0.2, -0.15) is 0 Å². The van der Waals surface area contributed by atoms with Crippen molar-refractivity contribution in [2.75, 3.05) is 0 Å². The van der Waals surface area contributed by atoms with Gasteiger partial charge in [0.05, 0.1) is 5.54 Å². The number of allylic oxidation sites excluding steroid dienone is 1. The molecule has 1 atom stereocenters. The van der Waals surface area contributed by atoms with E-state index < -0.39 is 5.54 Å². The molecule has 0 aromatic heterocycles. The number of Topliss-reactive ketones (excluding diaryl/α,β-unsaturated/α-hetero) is 1. The minimum absolute atomic E-state index is 0.193. The summed E-state index contributed by atoms with van der Waals surface area (Å²) >= 11 is 0. The van der Waals surface area contributed by atoms with E-state index in [1.807, 2.05) is 19.9 Å². The highest BCUT2D eigenvalue weighted by molar-refractivity contribution is 5.87. The lowest BCUT2D eigenvalue weighted by Crippen LogP contribution is -2.44. The monoisotopic (exact) mass is 197 g/mol. The van der Waals surface area contributed by atoms with Crippen LogP contribution in [0.4, 0.5) is 0 Å². The van der Waals surface area contributed by atoms with E-state index in [4.69, 9.17) is 5.73 Å². The third kappa shape index (κ3) is 5.18. The Balaban J connectivity index is 3.59. The van der Waals surface area contributed by atoms with E-state index in [-0.39, 0.29) is 5.78 Å². The first-order valence-corrected chi connectivity index (χ1v) is 5.47. The van der Waals surface area contributed by atoms with Gasteiger partial charge in [-0.05, 0) is 32.6 Å². The van der Waals surface area contributed by atoms with E-state index in [0.717, 1.165) is 32.1 Å². The first-order chi connectivity index (χ1) is 6.54. The van der Waals surface area contributed by atoms with Gasteiger partial charge < -0.3 is 5.73 Å². The van der Waals surface area contributed by atoms with Crippen molar-refractivity contribution in [2.24, 2.45) is 5.73 Å². The molecule has 0 saturated carbocycles. The topological polar surface area (TPSA) is 43.1 Å². The molecule has 0 aliphatic carbocycles. The fourth-order valence-corrected chi connectivity index (χ4v) is 1.23. The highest BCUT2D eigenvalue weighted by atomic mass is 16.1. The van der Waals surface area contributed by atoms with E-state index in [1.54, 1.807) is 0 Å². The largest absolute Gasteiger partial charge is 0.319 e. The maximum absolute atomic E-state index is 11.6. The number of rotatable bonds is 8. The zero-order valence-corrected chi connectivity index (χ0v) is 9.51. The molecule has 0 aromatic carbocycles. The molecule has 0 spiro atoms. The Morgan fingerprint density at radius 2 is 2.07 bits per heavy atom. The second kappa shape index (κ2) is 6.77. The summed E-state index contributed by atoms with van der Waals surface area (Å²) in [5, 5.41) is 0. The SMILES string of the molecule is C=CCCCCCC(=O)C(C)(N)CC. The Bertz CT molecular complexity index is 185. The van der Waals surface area contributed by atoms with Crippen molar-refractivity contribution in [1.82, 2.24) is 0 Å². The van der Waals surface area contributed by atoms with Crippen molar-refractivity contribution in [1.29, 1.82) is 0 Å². The predicted molar refractivity (Wildman–Crippen MR) is 61.2 cm³/mol. The predicted octanol–water partition coefficient (Wildman–Crippen LogP) is 2.82. The van der Waals surface area contributed by atoms with Crippen molar-refractivity contribution < 1.29 is 4.79 Å². The number of unbranched alkanes of at least 4 members (excludes halogenated alkanes) is 3. The van der Waals surface area contributed by atoms with Gasteiger partial charge in [-0.15, -0.1) is 6.58 Å². The molecule has 1 unspecified atom stereocenters. The maximum atomic E-state index is 11.6. The van der Waals surface area contributed by atoms with Gasteiger partial charge in [0.1, 0.15) is 0 Å². The van der Waals surface area contributed by atoms with Crippen molar-refractivity contribution in [3.63, 3.8) is 0 Å². The van der Waals surface area contributed by atoms with Gasteiger partial charge >= 0.3 is 0 Å².